The number of thioether (sulfide) groups is 1. The van der Waals surface area contributed by atoms with E-state index in [2.05, 4.69) is 72.7 Å². The molecule has 1 heterocycles. The van der Waals surface area contributed by atoms with Gasteiger partial charge in [-0.15, -0.1) is 0 Å². The molecule has 0 saturated heterocycles. The molecule has 4 rings (SSSR count). The summed E-state index contributed by atoms with van der Waals surface area (Å²) in [7, 11) is 0. The highest BCUT2D eigenvalue weighted by Gasteiger charge is 2.23. The maximum atomic E-state index is 13.1. The van der Waals surface area contributed by atoms with Gasteiger partial charge in [-0.05, 0) is 32.4 Å². The van der Waals surface area contributed by atoms with Crippen LogP contribution in [0.3, 0.4) is 0 Å². The number of aromatic nitrogens is 2. The number of nitrogens with two attached hydrogens (primary N) is 1. The van der Waals surface area contributed by atoms with Gasteiger partial charge in [0, 0.05) is 11.1 Å². The van der Waals surface area contributed by atoms with Crippen molar-refractivity contribution in [3.63, 3.8) is 0 Å². The first kappa shape index (κ1) is 24.3. The lowest BCUT2D eigenvalue weighted by molar-refractivity contribution is -0.115. The summed E-state index contributed by atoms with van der Waals surface area (Å²) >= 11 is 1.37. The molecule has 0 aliphatic rings. The molecule has 0 spiro atoms. The van der Waals surface area contributed by atoms with Crippen LogP contribution in [0.15, 0.2) is 78.0 Å². The molecule has 178 valence electrons. The average Bonchev–Trinajstić information content (AvgIpc) is 3.27. The van der Waals surface area contributed by atoms with Gasteiger partial charge in [0.05, 0.1) is 27.9 Å². The minimum Gasteiger partial charge on any atom is -0.366 e. The monoisotopic (exact) mass is 484 g/mol. The Bertz CT molecular complexity index is 1280. The van der Waals surface area contributed by atoms with Crippen molar-refractivity contribution in [3.05, 3.63) is 89.5 Å². The largest absolute Gasteiger partial charge is 0.366 e. The van der Waals surface area contributed by atoms with E-state index in [1.54, 1.807) is 24.3 Å². The van der Waals surface area contributed by atoms with E-state index in [1.807, 2.05) is 6.92 Å². The standard InChI is InChI=1S/C28H28N4O2S/c1-4-23(27(34)30-22-8-6-5-7-21(22)26(29)33)35-28-31-24(19-13-9-17(2)10-14-19)25(32-28)20-15-11-18(3)12-16-20/h5-16,23H,4H2,1-3H3,(H2,29,33)(H,30,34)(H,31,32). The van der Waals surface area contributed by atoms with E-state index in [9.17, 15) is 9.59 Å². The fraction of sp³-hybridized carbons (Fsp3) is 0.179. The normalized spacial score (nSPS) is 11.7. The Morgan fingerprint density at radius 2 is 1.54 bits per heavy atom. The lowest BCUT2D eigenvalue weighted by Crippen LogP contribution is -2.26. The van der Waals surface area contributed by atoms with Gasteiger partial charge < -0.3 is 16.0 Å². The highest BCUT2D eigenvalue weighted by Crippen LogP contribution is 2.35. The highest BCUT2D eigenvalue weighted by atomic mass is 32.2. The molecule has 4 N–H and O–H groups in total. The second-order valence-corrected chi connectivity index (χ2v) is 9.60. The lowest BCUT2D eigenvalue weighted by atomic mass is 10.0. The summed E-state index contributed by atoms with van der Waals surface area (Å²) in [5.74, 6) is -0.797. The van der Waals surface area contributed by atoms with Crippen molar-refractivity contribution in [3.8, 4) is 22.5 Å². The number of nitrogens with zero attached hydrogens (tertiary/aromatic N) is 1. The van der Waals surface area contributed by atoms with Crippen LogP contribution >= 0.6 is 11.8 Å². The number of H-pyrrole nitrogens is 1. The zero-order valence-electron chi connectivity index (χ0n) is 20.0. The van der Waals surface area contributed by atoms with Crippen molar-refractivity contribution in [2.45, 2.75) is 37.6 Å². The molecule has 3 aromatic carbocycles. The molecule has 35 heavy (non-hydrogen) atoms. The van der Waals surface area contributed by atoms with Crippen LogP contribution in [-0.2, 0) is 4.79 Å². The Morgan fingerprint density at radius 1 is 0.943 bits per heavy atom. The number of carbonyl (C=O) groups is 2. The first-order valence-corrected chi connectivity index (χ1v) is 12.3. The number of amides is 2. The zero-order valence-corrected chi connectivity index (χ0v) is 20.8. The molecule has 1 unspecified atom stereocenters. The first-order chi connectivity index (χ1) is 16.9. The summed E-state index contributed by atoms with van der Waals surface area (Å²) in [6, 6.07) is 23.3. The van der Waals surface area contributed by atoms with Crippen molar-refractivity contribution in [1.29, 1.82) is 0 Å². The quantitative estimate of drug-likeness (QED) is 0.268. The van der Waals surface area contributed by atoms with Gasteiger partial charge in [0.15, 0.2) is 5.16 Å². The maximum Gasteiger partial charge on any atom is 0.250 e. The summed E-state index contributed by atoms with van der Waals surface area (Å²) in [6.45, 7) is 6.05. The molecule has 2 amide bonds. The number of para-hydroxylation sites is 1. The van der Waals surface area contributed by atoms with Gasteiger partial charge in [0.1, 0.15) is 0 Å². The fourth-order valence-corrected chi connectivity index (χ4v) is 4.64. The molecule has 7 heteroatoms. The number of anilines is 1. The van der Waals surface area contributed by atoms with E-state index in [4.69, 9.17) is 10.7 Å². The number of carbonyl (C=O) groups excluding carboxylic acids is 2. The third-order valence-electron chi connectivity index (χ3n) is 5.71. The fourth-order valence-electron chi connectivity index (χ4n) is 3.73. The molecule has 0 aliphatic heterocycles. The Kier molecular flexibility index (Phi) is 7.36. The number of imidazole rings is 1. The molecule has 4 aromatic rings. The third kappa shape index (κ3) is 5.63. The van der Waals surface area contributed by atoms with Gasteiger partial charge in [-0.25, -0.2) is 4.98 Å². The van der Waals surface area contributed by atoms with Crippen molar-refractivity contribution >= 4 is 29.3 Å². The van der Waals surface area contributed by atoms with Crippen LogP contribution in [0, 0.1) is 13.8 Å². The maximum absolute atomic E-state index is 13.1. The summed E-state index contributed by atoms with van der Waals surface area (Å²) < 4.78 is 0. The van der Waals surface area contributed by atoms with E-state index < -0.39 is 11.2 Å². The minimum absolute atomic E-state index is 0.212. The van der Waals surface area contributed by atoms with Crippen molar-refractivity contribution < 1.29 is 9.59 Å². The molecular weight excluding hydrogens is 456 g/mol. The number of aryl methyl sites for hydroxylation is 2. The molecule has 1 atom stereocenters. The van der Waals surface area contributed by atoms with Crippen LogP contribution in [0.5, 0.6) is 0 Å². The molecule has 0 aliphatic carbocycles. The predicted octanol–water partition coefficient (Wildman–Crippen LogP) is 5.97. The van der Waals surface area contributed by atoms with Crippen molar-refractivity contribution in [2.24, 2.45) is 5.73 Å². The summed E-state index contributed by atoms with van der Waals surface area (Å²) in [5, 5.41) is 3.09. The van der Waals surface area contributed by atoms with Crippen LogP contribution in [-0.4, -0.2) is 27.0 Å². The molecular formula is C28H28N4O2S. The van der Waals surface area contributed by atoms with Crippen LogP contribution < -0.4 is 11.1 Å². The van der Waals surface area contributed by atoms with Gasteiger partial charge >= 0.3 is 0 Å². The average molecular weight is 485 g/mol. The molecule has 0 radical (unpaired) electrons. The zero-order chi connectivity index (χ0) is 24.9. The highest BCUT2D eigenvalue weighted by molar-refractivity contribution is 8.00. The van der Waals surface area contributed by atoms with E-state index in [0.717, 1.165) is 22.5 Å². The van der Waals surface area contributed by atoms with Crippen LogP contribution in [0.1, 0.15) is 34.8 Å². The summed E-state index contributed by atoms with van der Waals surface area (Å²) in [5.41, 5.74) is 12.3. The number of primary amides is 1. The molecule has 0 bridgehead atoms. The van der Waals surface area contributed by atoms with E-state index in [-0.39, 0.29) is 11.5 Å². The van der Waals surface area contributed by atoms with Gasteiger partial charge in [-0.3, -0.25) is 9.59 Å². The second kappa shape index (κ2) is 10.6. The lowest BCUT2D eigenvalue weighted by Gasteiger charge is -2.14. The number of hydrogen-bond donors (Lipinski definition) is 3. The third-order valence-corrected chi connectivity index (χ3v) is 6.96. The molecule has 0 fully saturated rings. The van der Waals surface area contributed by atoms with Crippen LogP contribution in [0.4, 0.5) is 5.69 Å². The molecule has 6 nitrogen and oxygen atoms in total. The van der Waals surface area contributed by atoms with E-state index >= 15 is 0 Å². The van der Waals surface area contributed by atoms with Crippen molar-refractivity contribution in [2.75, 3.05) is 5.32 Å². The Labute approximate surface area is 209 Å². The smallest absolute Gasteiger partial charge is 0.250 e. The van der Waals surface area contributed by atoms with Gasteiger partial charge in [-0.1, -0.05) is 90.5 Å². The first-order valence-electron chi connectivity index (χ1n) is 11.5. The van der Waals surface area contributed by atoms with E-state index in [0.29, 0.717) is 17.3 Å². The summed E-state index contributed by atoms with van der Waals surface area (Å²) in [4.78, 5) is 33.2. The number of nitrogens with one attached hydrogen (secondary N) is 2. The minimum atomic E-state index is -0.585. The number of aromatic amines is 1. The topological polar surface area (TPSA) is 101 Å². The van der Waals surface area contributed by atoms with Crippen LogP contribution in [0.2, 0.25) is 0 Å². The van der Waals surface area contributed by atoms with Gasteiger partial charge in [0.2, 0.25) is 5.91 Å². The summed E-state index contributed by atoms with van der Waals surface area (Å²) in [6.07, 6.45) is 0.579. The Morgan fingerprint density at radius 3 is 2.14 bits per heavy atom. The Balaban J connectivity index is 1.64. The van der Waals surface area contributed by atoms with Gasteiger partial charge in [-0.2, -0.15) is 0 Å². The second-order valence-electron chi connectivity index (χ2n) is 8.41. The molecule has 0 saturated carbocycles. The number of hydrogen-bond acceptors (Lipinski definition) is 4. The predicted molar refractivity (Wildman–Crippen MR) is 142 cm³/mol. The SMILES string of the molecule is CCC(Sc1nc(-c2ccc(C)cc2)c(-c2ccc(C)cc2)[nH]1)C(=O)Nc1ccccc1C(N)=O. The Hall–Kier alpha value is -3.84. The van der Waals surface area contributed by atoms with Gasteiger partial charge in [0.25, 0.3) is 5.91 Å². The van der Waals surface area contributed by atoms with E-state index in [1.165, 1.54) is 22.9 Å². The van der Waals surface area contributed by atoms with Crippen LogP contribution in [0.25, 0.3) is 22.5 Å². The van der Waals surface area contributed by atoms with Crippen molar-refractivity contribution in [1.82, 2.24) is 9.97 Å². The number of rotatable bonds is 8. The number of benzene rings is 3. The molecule has 1 aromatic heterocycles.